The van der Waals surface area contributed by atoms with Crippen molar-refractivity contribution in [2.75, 3.05) is 33.9 Å². The summed E-state index contributed by atoms with van der Waals surface area (Å²) in [5.74, 6) is 0. The Balaban J connectivity index is 2.27. The molecule has 100 valence electrons. The van der Waals surface area contributed by atoms with Crippen molar-refractivity contribution in [3.8, 4) is 0 Å². The molecule has 0 saturated carbocycles. The van der Waals surface area contributed by atoms with Crippen molar-refractivity contribution in [2.45, 2.75) is 38.3 Å². The molecule has 1 saturated heterocycles. The number of piperidine rings is 1. The van der Waals surface area contributed by atoms with E-state index in [1.807, 2.05) is 0 Å². The molecule has 0 radical (unpaired) electrons. The molecule has 2 atom stereocenters. The number of hydrogen-bond donors (Lipinski definition) is 1. The lowest BCUT2D eigenvalue weighted by atomic mass is 10.0. The highest BCUT2D eigenvalue weighted by atomic mass is 32.1. The molecule has 0 amide bonds. The topological polar surface area (TPSA) is 33.7 Å². The summed E-state index contributed by atoms with van der Waals surface area (Å²) in [6.07, 6.45) is 3.48. The lowest BCUT2D eigenvalue weighted by molar-refractivity contribution is 0.0383. The Hall–Kier alpha value is -0.390. The molecular weight excluding hydrogens is 236 g/mol. The minimum absolute atomic E-state index is 0.387. The Morgan fingerprint density at radius 1 is 1.47 bits per heavy atom. The summed E-state index contributed by atoms with van der Waals surface area (Å²) in [7, 11) is 3.50. The van der Waals surface area contributed by atoms with E-state index in [-0.39, 0.29) is 0 Å². The second kappa shape index (κ2) is 7.84. The van der Waals surface area contributed by atoms with Crippen LogP contribution >= 0.6 is 12.2 Å². The smallest absolute Gasteiger partial charge is 0.169 e. The van der Waals surface area contributed by atoms with Crippen LogP contribution in [-0.4, -0.2) is 56.1 Å². The maximum atomic E-state index is 5.41. The average Bonchev–Trinajstić information content (AvgIpc) is 2.34. The lowest BCUT2D eigenvalue weighted by Gasteiger charge is -2.38. The largest absolute Gasteiger partial charge is 0.385 e. The molecule has 1 aliphatic heterocycles. The number of ether oxygens (including phenoxy) is 2. The lowest BCUT2D eigenvalue weighted by Crippen LogP contribution is -2.50. The number of nitrogens with zero attached hydrogens (tertiary/aromatic N) is 1. The quantitative estimate of drug-likeness (QED) is 0.597. The first-order valence-corrected chi connectivity index (χ1v) is 6.66. The molecule has 1 aliphatic rings. The number of methoxy groups -OCH3 is 2. The summed E-state index contributed by atoms with van der Waals surface area (Å²) in [5.41, 5.74) is 0. The molecule has 1 N–H and O–H groups in total. The Labute approximate surface area is 110 Å². The predicted octanol–water partition coefficient (Wildman–Crippen LogP) is 1.40. The first-order chi connectivity index (χ1) is 8.19. The van der Waals surface area contributed by atoms with Gasteiger partial charge in [0, 0.05) is 40.0 Å². The summed E-state index contributed by atoms with van der Waals surface area (Å²) in [4.78, 5) is 2.26. The predicted molar refractivity (Wildman–Crippen MR) is 73.3 cm³/mol. The maximum absolute atomic E-state index is 5.41. The van der Waals surface area contributed by atoms with Crippen molar-refractivity contribution in [1.29, 1.82) is 0 Å². The SMILES string of the molecule is COCCCNC(=S)N1CCC(OC)CC1C. The van der Waals surface area contributed by atoms with Crippen LogP contribution in [0.5, 0.6) is 0 Å². The van der Waals surface area contributed by atoms with Crippen LogP contribution in [0.4, 0.5) is 0 Å². The number of thiocarbonyl (C=S) groups is 1. The summed E-state index contributed by atoms with van der Waals surface area (Å²) in [5, 5.41) is 4.15. The molecule has 2 unspecified atom stereocenters. The molecule has 0 aromatic carbocycles. The van der Waals surface area contributed by atoms with Crippen molar-refractivity contribution in [1.82, 2.24) is 10.2 Å². The standard InChI is InChI=1S/C12H24N2O2S/c1-10-9-11(16-3)5-7-14(10)12(17)13-6-4-8-15-2/h10-11H,4-9H2,1-3H3,(H,13,17). The van der Waals surface area contributed by atoms with E-state index in [2.05, 4.69) is 17.1 Å². The Morgan fingerprint density at radius 2 is 2.24 bits per heavy atom. The van der Waals surface area contributed by atoms with Gasteiger partial charge in [-0.2, -0.15) is 0 Å². The fraction of sp³-hybridized carbons (Fsp3) is 0.917. The number of rotatable bonds is 5. The molecule has 0 spiro atoms. The van der Waals surface area contributed by atoms with Crippen LogP contribution in [0, 0.1) is 0 Å². The van der Waals surface area contributed by atoms with Crippen LogP contribution in [0.25, 0.3) is 0 Å². The zero-order chi connectivity index (χ0) is 12.7. The minimum Gasteiger partial charge on any atom is -0.385 e. The van der Waals surface area contributed by atoms with Crippen LogP contribution in [0.15, 0.2) is 0 Å². The molecule has 1 fully saturated rings. The van der Waals surface area contributed by atoms with Gasteiger partial charge in [0.25, 0.3) is 0 Å². The molecule has 0 aromatic rings. The summed E-state index contributed by atoms with van der Waals surface area (Å²) >= 11 is 5.41. The van der Waals surface area contributed by atoms with Crippen molar-refractivity contribution in [3.63, 3.8) is 0 Å². The third-order valence-electron chi connectivity index (χ3n) is 3.22. The summed E-state index contributed by atoms with van der Waals surface area (Å²) in [6, 6.07) is 0.455. The van der Waals surface area contributed by atoms with Gasteiger partial charge < -0.3 is 19.7 Å². The Bertz CT molecular complexity index is 239. The summed E-state index contributed by atoms with van der Waals surface area (Å²) in [6.45, 7) is 4.84. The van der Waals surface area contributed by atoms with E-state index in [1.165, 1.54) is 0 Å². The second-order valence-electron chi connectivity index (χ2n) is 4.50. The minimum atomic E-state index is 0.387. The molecule has 5 heteroatoms. The Kier molecular flexibility index (Phi) is 6.77. The van der Waals surface area contributed by atoms with Gasteiger partial charge in [-0.15, -0.1) is 0 Å². The third kappa shape index (κ3) is 4.77. The molecule has 1 heterocycles. The van der Waals surface area contributed by atoms with Gasteiger partial charge in [-0.1, -0.05) is 0 Å². The highest BCUT2D eigenvalue weighted by molar-refractivity contribution is 7.80. The van der Waals surface area contributed by atoms with Crippen LogP contribution in [-0.2, 0) is 9.47 Å². The van der Waals surface area contributed by atoms with Gasteiger partial charge in [0.05, 0.1) is 6.10 Å². The van der Waals surface area contributed by atoms with Gasteiger partial charge in [0.2, 0.25) is 0 Å². The van der Waals surface area contributed by atoms with Crippen molar-refractivity contribution >= 4 is 17.3 Å². The normalized spacial score (nSPS) is 24.8. The van der Waals surface area contributed by atoms with Crippen molar-refractivity contribution < 1.29 is 9.47 Å². The molecule has 0 bridgehead atoms. The highest BCUT2D eigenvalue weighted by Gasteiger charge is 2.26. The maximum Gasteiger partial charge on any atom is 0.169 e. The zero-order valence-corrected chi connectivity index (χ0v) is 11.9. The number of likely N-dealkylation sites (tertiary alicyclic amines) is 1. The van der Waals surface area contributed by atoms with Gasteiger partial charge in [0.1, 0.15) is 0 Å². The third-order valence-corrected chi connectivity index (χ3v) is 3.60. The van der Waals surface area contributed by atoms with Gasteiger partial charge in [-0.25, -0.2) is 0 Å². The molecule has 0 aliphatic carbocycles. The van der Waals surface area contributed by atoms with Crippen LogP contribution in [0.1, 0.15) is 26.2 Å². The second-order valence-corrected chi connectivity index (χ2v) is 4.89. The van der Waals surface area contributed by atoms with E-state index in [9.17, 15) is 0 Å². The highest BCUT2D eigenvalue weighted by Crippen LogP contribution is 2.19. The Morgan fingerprint density at radius 3 is 2.82 bits per heavy atom. The first kappa shape index (κ1) is 14.7. The van der Waals surface area contributed by atoms with E-state index in [0.29, 0.717) is 12.1 Å². The fourth-order valence-electron chi connectivity index (χ4n) is 2.16. The van der Waals surface area contributed by atoms with Crippen molar-refractivity contribution in [2.24, 2.45) is 0 Å². The number of hydrogen-bond acceptors (Lipinski definition) is 3. The van der Waals surface area contributed by atoms with Gasteiger partial charge in [0.15, 0.2) is 5.11 Å². The molecular formula is C12H24N2O2S. The molecule has 1 rings (SSSR count). The van der Waals surface area contributed by atoms with Gasteiger partial charge in [-0.3, -0.25) is 0 Å². The van der Waals surface area contributed by atoms with Gasteiger partial charge in [-0.05, 0) is 38.4 Å². The van der Waals surface area contributed by atoms with Crippen LogP contribution in [0.3, 0.4) is 0 Å². The molecule has 17 heavy (non-hydrogen) atoms. The molecule has 0 aromatic heterocycles. The van der Waals surface area contributed by atoms with Crippen LogP contribution in [0.2, 0.25) is 0 Å². The van der Waals surface area contributed by atoms with E-state index < -0.39 is 0 Å². The van der Waals surface area contributed by atoms with E-state index in [0.717, 1.165) is 44.1 Å². The zero-order valence-electron chi connectivity index (χ0n) is 11.1. The fourth-order valence-corrected chi connectivity index (χ4v) is 2.53. The monoisotopic (exact) mass is 260 g/mol. The van der Waals surface area contributed by atoms with E-state index >= 15 is 0 Å². The molecule has 4 nitrogen and oxygen atoms in total. The van der Waals surface area contributed by atoms with Gasteiger partial charge >= 0.3 is 0 Å². The first-order valence-electron chi connectivity index (χ1n) is 6.25. The summed E-state index contributed by atoms with van der Waals surface area (Å²) < 4.78 is 10.4. The van der Waals surface area contributed by atoms with Crippen LogP contribution < -0.4 is 5.32 Å². The number of nitrogens with one attached hydrogen (secondary N) is 1. The van der Waals surface area contributed by atoms with E-state index in [1.54, 1.807) is 14.2 Å². The van der Waals surface area contributed by atoms with Crippen molar-refractivity contribution in [3.05, 3.63) is 0 Å². The van der Waals surface area contributed by atoms with E-state index in [4.69, 9.17) is 21.7 Å². The average molecular weight is 260 g/mol.